The summed E-state index contributed by atoms with van der Waals surface area (Å²) in [5.41, 5.74) is 2.50. The van der Waals surface area contributed by atoms with Gasteiger partial charge in [-0.2, -0.15) is 4.98 Å². The van der Waals surface area contributed by atoms with Crippen LogP contribution in [0.4, 0.5) is 5.95 Å². The quantitative estimate of drug-likeness (QED) is 0.561. The number of aryl methyl sites for hydroxylation is 2. The smallest absolute Gasteiger partial charge is 0.332 e. The summed E-state index contributed by atoms with van der Waals surface area (Å²) >= 11 is 0. The van der Waals surface area contributed by atoms with Gasteiger partial charge in [-0.1, -0.05) is 18.2 Å². The summed E-state index contributed by atoms with van der Waals surface area (Å²) in [6.45, 7) is 2.77. The average Bonchev–Trinajstić information content (AvgIpc) is 3.22. The van der Waals surface area contributed by atoms with Crippen molar-refractivity contribution in [3.63, 3.8) is 0 Å². The average molecular weight is 366 g/mol. The Kier molecular flexibility index (Phi) is 4.10. The Morgan fingerprint density at radius 3 is 2.70 bits per heavy atom. The van der Waals surface area contributed by atoms with Gasteiger partial charge < -0.3 is 14.9 Å². The van der Waals surface area contributed by atoms with Crippen LogP contribution in [0.15, 0.2) is 40.1 Å². The first-order valence-electron chi connectivity index (χ1n) is 8.98. The van der Waals surface area contributed by atoms with Crippen LogP contribution in [0.25, 0.3) is 22.1 Å². The van der Waals surface area contributed by atoms with Crippen LogP contribution >= 0.6 is 0 Å². The SMILES string of the molecule is CCn1c(=O)c2c(nc(NCCc3c[nH]c4ccccc34)n2C)n(C)c1=O. The van der Waals surface area contributed by atoms with E-state index in [0.29, 0.717) is 30.2 Å². The van der Waals surface area contributed by atoms with Crippen LogP contribution in [0.5, 0.6) is 0 Å². The fourth-order valence-electron chi connectivity index (χ4n) is 3.53. The minimum atomic E-state index is -0.349. The Hall–Kier alpha value is -3.29. The van der Waals surface area contributed by atoms with Gasteiger partial charge in [0.1, 0.15) is 0 Å². The third-order valence-electron chi connectivity index (χ3n) is 5.03. The number of anilines is 1. The van der Waals surface area contributed by atoms with Gasteiger partial charge in [0.15, 0.2) is 11.2 Å². The zero-order chi connectivity index (χ0) is 19.1. The van der Waals surface area contributed by atoms with Gasteiger partial charge in [-0.05, 0) is 25.0 Å². The molecule has 0 saturated carbocycles. The molecule has 8 heteroatoms. The molecule has 4 rings (SSSR count). The van der Waals surface area contributed by atoms with Gasteiger partial charge in [0.05, 0.1) is 0 Å². The lowest BCUT2D eigenvalue weighted by atomic mass is 10.1. The number of rotatable bonds is 5. The molecule has 1 aromatic carbocycles. The van der Waals surface area contributed by atoms with E-state index in [2.05, 4.69) is 27.4 Å². The van der Waals surface area contributed by atoms with Gasteiger partial charge in [0.2, 0.25) is 5.95 Å². The number of nitrogens with zero attached hydrogens (tertiary/aromatic N) is 4. The highest BCUT2D eigenvalue weighted by Crippen LogP contribution is 2.18. The number of hydrogen-bond acceptors (Lipinski definition) is 4. The summed E-state index contributed by atoms with van der Waals surface area (Å²) in [6, 6.07) is 8.18. The number of aromatic nitrogens is 5. The summed E-state index contributed by atoms with van der Waals surface area (Å²) in [5, 5.41) is 4.50. The van der Waals surface area contributed by atoms with Crippen molar-refractivity contribution in [2.75, 3.05) is 11.9 Å². The highest BCUT2D eigenvalue weighted by atomic mass is 16.2. The first kappa shape index (κ1) is 17.1. The molecule has 0 bridgehead atoms. The van der Waals surface area contributed by atoms with E-state index < -0.39 is 0 Å². The molecule has 0 amide bonds. The lowest BCUT2D eigenvalue weighted by molar-refractivity contribution is 0.635. The van der Waals surface area contributed by atoms with E-state index in [-0.39, 0.29) is 11.2 Å². The maximum absolute atomic E-state index is 12.6. The summed E-state index contributed by atoms with van der Waals surface area (Å²) < 4.78 is 4.36. The zero-order valence-electron chi connectivity index (χ0n) is 15.6. The van der Waals surface area contributed by atoms with Crippen molar-refractivity contribution in [1.82, 2.24) is 23.7 Å². The molecule has 2 N–H and O–H groups in total. The van der Waals surface area contributed by atoms with Gasteiger partial charge in [0.25, 0.3) is 5.56 Å². The molecule has 3 aromatic heterocycles. The Bertz CT molecular complexity index is 1260. The molecule has 4 aromatic rings. The molecule has 8 nitrogen and oxygen atoms in total. The van der Waals surface area contributed by atoms with Crippen molar-refractivity contribution in [3.05, 3.63) is 56.9 Å². The number of aromatic amines is 1. The molecule has 27 heavy (non-hydrogen) atoms. The van der Waals surface area contributed by atoms with E-state index in [9.17, 15) is 9.59 Å². The van der Waals surface area contributed by atoms with E-state index in [4.69, 9.17) is 0 Å². The van der Waals surface area contributed by atoms with E-state index >= 15 is 0 Å². The number of fused-ring (bicyclic) bond motifs is 2. The van der Waals surface area contributed by atoms with Gasteiger partial charge in [0, 0.05) is 44.3 Å². The van der Waals surface area contributed by atoms with Crippen molar-refractivity contribution in [2.24, 2.45) is 14.1 Å². The predicted octanol–water partition coefficient (Wildman–Crippen LogP) is 1.59. The lowest BCUT2D eigenvalue weighted by Gasteiger charge is -2.06. The fourth-order valence-corrected chi connectivity index (χ4v) is 3.53. The summed E-state index contributed by atoms with van der Waals surface area (Å²) in [6.07, 6.45) is 2.83. The second kappa shape index (κ2) is 6.46. The Morgan fingerprint density at radius 1 is 1.15 bits per heavy atom. The van der Waals surface area contributed by atoms with Crippen molar-refractivity contribution in [1.29, 1.82) is 0 Å². The Morgan fingerprint density at radius 2 is 1.93 bits per heavy atom. The minimum absolute atomic E-state index is 0.310. The molecular weight excluding hydrogens is 344 g/mol. The largest absolute Gasteiger partial charge is 0.361 e. The summed E-state index contributed by atoms with van der Waals surface area (Å²) in [4.78, 5) is 32.7. The molecule has 0 fully saturated rings. The maximum Gasteiger partial charge on any atom is 0.332 e. The van der Waals surface area contributed by atoms with E-state index in [1.165, 1.54) is 20.1 Å². The number of para-hydroxylation sites is 1. The van der Waals surface area contributed by atoms with Crippen molar-refractivity contribution >= 4 is 28.0 Å². The molecule has 0 aliphatic rings. The Labute approximate surface area is 155 Å². The number of H-pyrrole nitrogens is 1. The van der Waals surface area contributed by atoms with Crippen LogP contribution in [0.2, 0.25) is 0 Å². The predicted molar refractivity (Wildman–Crippen MR) is 106 cm³/mol. The van der Waals surface area contributed by atoms with Gasteiger partial charge >= 0.3 is 5.69 Å². The minimum Gasteiger partial charge on any atom is -0.361 e. The molecular formula is C19H22N6O2. The van der Waals surface area contributed by atoms with Crippen LogP contribution in [-0.2, 0) is 27.1 Å². The van der Waals surface area contributed by atoms with Crippen LogP contribution in [0.3, 0.4) is 0 Å². The number of benzene rings is 1. The molecule has 3 heterocycles. The first-order valence-corrected chi connectivity index (χ1v) is 8.98. The first-order chi connectivity index (χ1) is 13.0. The fraction of sp³-hybridized carbons (Fsp3) is 0.316. The molecule has 0 saturated heterocycles. The van der Waals surface area contributed by atoms with Crippen LogP contribution < -0.4 is 16.6 Å². The molecule has 140 valence electrons. The van der Waals surface area contributed by atoms with Gasteiger partial charge in [-0.15, -0.1) is 0 Å². The van der Waals surface area contributed by atoms with E-state index in [1.54, 1.807) is 25.6 Å². The second-order valence-electron chi connectivity index (χ2n) is 6.59. The number of nitrogens with one attached hydrogen (secondary N) is 2. The summed E-state index contributed by atoms with van der Waals surface area (Å²) in [5.74, 6) is 0.575. The maximum atomic E-state index is 12.6. The molecule has 0 aliphatic carbocycles. The molecule has 0 unspecified atom stereocenters. The highest BCUT2D eigenvalue weighted by Gasteiger charge is 2.17. The van der Waals surface area contributed by atoms with Crippen molar-refractivity contribution < 1.29 is 0 Å². The van der Waals surface area contributed by atoms with E-state index in [1.807, 2.05) is 18.3 Å². The molecule has 0 atom stereocenters. The zero-order valence-corrected chi connectivity index (χ0v) is 15.6. The Balaban J connectivity index is 1.64. The highest BCUT2D eigenvalue weighted by molar-refractivity contribution is 5.83. The third kappa shape index (κ3) is 2.64. The van der Waals surface area contributed by atoms with Crippen LogP contribution in [0.1, 0.15) is 12.5 Å². The number of hydrogen-bond donors (Lipinski definition) is 2. The topological polar surface area (TPSA) is 89.6 Å². The molecule has 0 spiro atoms. The second-order valence-corrected chi connectivity index (χ2v) is 6.59. The standard InChI is InChI=1S/C19H22N6O2/c1-4-25-17(26)15-16(24(3)19(25)27)22-18(23(15)2)20-10-9-12-11-21-14-8-6-5-7-13(12)14/h5-8,11,21H,4,9-10H2,1-3H3,(H,20,22). The lowest BCUT2D eigenvalue weighted by Crippen LogP contribution is -2.39. The monoisotopic (exact) mass is 366 g/mol. The molecule has 0 aliphatic heterocycles. The van der Waals surface area contributed by atoms with Crippen LogP contribution in [-0.4, -0.2) is 30.2 Å². The normalized spacial score (nSPS) is 11.5. The van der Waals surface area contributed by atoms with Crippen molar-refractivity contribution in [2.45, 2.75) is 19.9 Å². The van der Waals surface area contributed by atoms with Gasteiger partial charge in [-0.25, -0.2) is 4.79 Å². The molecule has 0 radical (unpaired) electrons. The number of imidazole rings is 1. The van der Waals surface area contributed by atoms with Crippen LogP contribution in [0, 0.1) is 0 Å². The summed E-state index contributed by atoms with van der Waals surface area (Å²) in [7, 11) is 3.42. The van der Waals surface area contributed by atoms with Crippen molar-refractivity contribution in [3.8, 4) is 0 Å². The van der Waals surface area contributed by atoms with E-state index in [0.717, 1.165) is 11.9 Å². The van der Waals surface area contributed by atoms with Gasteiger partial charge in [-0.3, -0.25) is 13.9 Å². The third-order valence-corrected chi connectivity index (χ3v) is 5.03.